The summed E-state index contributed by atoms with van der Waals surface area (Å²) in [6.07, 6.45) is 3.95. The molecule has 4 heteroatoms. The summed E-state index contributed by atoms with van der Waals surface area (Å²) in [7, 11) is 0. The smallest absolute Gasteiger partial charge is 0.165 e. The van der Waals surface area contributed by atoms with Gasteiger partial charge in [-0.1, -0.05) is 30.3 Å². The maximum atomic E-state index is 12.8. The van der Waals surface area contributed by atoms with Gasteiger partial charge in [0.2, 0.25) is 0 Å². The Morgan fingerprint density at radius 1 is 1.07 bits per heavy atom. The van der Waals surface area contributed by atoms with Crippen LogP contribution in [0.3, 0.4) is 0 Å². The molecule has 2 saturated heterocycles. The molecule has 0 radical (unpaired) electrons. The fraction of sp³-hybridized carbons (Fsp3) is 0.462. The van der Waals surface area contributed by atoms with Crippen LogP contribution in [0.1, 0.15) is 65.6 Å². The van der Waals surface area contributed by atoms with Crippen molar-refractivity contribution in [2.24, 2.45) is 0 Å². The maximum absolute atomic E-state index is 12.8. The van der Waals surface area contributed by atoms with Gasteiger partial charge in [0, 0.05) is 37.4 Å². The molecular weight excluding hydrogens is 374 g/mol. The van der Waals surface area contributed by atoms with Crippen molar-refractivity contribution in [2.45, 2.75) is 58.0 Å². The number of piperidine rings is 1. The predicted molar refractivity (Wildman–Crippen MR) is 119 cm³/mol. The van der Waals surface area contributed by atoms with Gasteiger partial charge < -0.3 is 9.64 Å². The molecular formula is C26H31NO3. The van der Waals surface area contributed by atoms with E-state index in [0.29, 0.717) is 24.5 Å². The lowest BCUT2D eigenvalue weighted by molar-refractivity contribution is -0.127. The van der Waals surface area contributed by atoms with Gasteiger partial charge in [0.15, 0.2) is 11.6 Å². The largest absolute Gasteiger partial charge is 0.371 e. The monoisotopic (exact) mass is 405 g/mol. The molecule has 2 fully saturated rings. The first kappa shape index (κ1) is 20.8. The molecule has 0 spiro atoms. The number of para-hydroxylation sites is 1. The van der Waals surface area contributed by atoms with Crippen LogP contribution in [0, 0.1) is 6.92 Å². The summed E-state index contributed by atoms with van der Waals surface area (Å²) in [6, 6.07) is 14.5. The molecule has 2 aliphatic heterocycles. The minimum absolute atomic E-state index is 0.0433. The quantitative estimate of drug-likeness (QED) is 0.643. The number of nitrogens with zero attached hydrogens (tertiary/aromatic N) is 1. The van der Waals surface area contributed by atoms with Crippen molar-refractivity contribution in [3.05, 3.63) is 64.7 Å². The van der Waals surface area contributed by atoms with Crippen molar-refractivity contribution in [2.75, 3.05) is 24.6 Å². The SMILES string of the molecule is CC(=O)c1ccc(C2CCN(c3ccccc3C)CC2)c(CC(=O)C2CCCO2)c1. The van der Waals surface area contributed by atoms with E-state index in [0.717, 1.165) is 44.3 Å². The van der Waals surface area contributed by atoms with Crippen LogP contribution in [-0.4, -0.2) is 37.4 Å². The van der Waals surface area contributed by atoms with Gasteiger partial charge in [-0.05, 0) is 74.3 Å². The Balaban J connectivity index is 1.52. The van der Waals surface area contributed by atoms with Crippen LogP contribution in [0.4, 0.5) is 5.69 Å². The first-order chi connectivity index (χ1) is 14.5. The lowest BCUT2D eigenvalue weighted by Gasteiger charge is -2.35. The predicted octanol–water partition coefficient (Wildman–Crippen LogP) is 4.87. The Morgan fingerprint density at radius 3 is 2.50 bits per heavy atom. The molecule has 0 aromatic heterocycles. The summed E-state index contributed by atoms with van der Waals surface area (Å²) < 4.78 is 5.60. The highest BCUT2D eigenvalue weighted by Crippen LogP contribution is 2.34. The third-order valence-electron chi connectivity index (χ3n) is 6.59. The van der Waals surface area contributed by atoms with E-state index in [1.165, 1.54) is 16.8 Å². The maximum Gasteiger partial charge on any atom is 0.165 e. The Morgan fingerprint density at radius 2 is 1.83 bits per heavy atom. The minimum atomic E-state index is -0.276. The summed E-state index contributed by atoms with van der Waals surface area (Å²) in [5.41, 5.74) is 5.56. The van der Waals surface area contributed by atoms with E-state index in [4.69, 9.17) is 4.74 Å². The number of ketones is 2. The van der Waals surface area contributed by atoms with Crippen LogP contribution in [0.25, 0.3) is 0 Å². The molecule has 0 bridgehead atoms. The number of aryl methyl sites for hydroxylation is 1. The second-order valence-corrected chi connectivity index (χ2v) is 8.66. The highest BCUT2D eigenvalue weighted by molar-refractivity contribution is 5.95. The number of carbonyl (C=O) groups excluding carboxylic acids is 2. The van der Waals surface area contributed by atoms with E-state index in [2.05, 4.69) is 42.2 Å². The van der Waals surface area contributed by atoms with Gasteiger partial charge in [-0.25, -0.2) is 0 Å². The van der Waals surface area contributed by atoms with E-state index in [1.54, 1.807) is 6.92 Å². The standard InChI is InChI=1S/C26H31NO3/c1-18-6-3-4-7-24(18)27-13-11-20(12-14-27)23-10-9-21(19(2)28)16-22(23)17-25(29)26-8-5-15-30-26/h3-4,6-7,9-10,16,20,26H,5,8,11-15,17H2,1-2H3. The van der Waals surface area contributed by atoms with Gasteiger partial charge in [-0.3, -0.25) is 9.59 Å². The number of Topliss-reactive ketones (excluding diaryl/α,β-unsaturated/α-hetero) is 2. The molecule has 2 aliphatic rings. The lowest BCUT2D eigenvalue weighted by atomic mass is 9.83. The molecule has 158 valence electrons. The Hall–Kier alpha value is -2.46. The molecule has 0 saturated carbocycles. The van der Waals surface area contributed by atoms with Crippen molar-refractivity contribution in [3.63, 3.8) is 0 Å². The van der Waals surface area contributed by atoms with Crippen LogP contribution in [-0.2, 0) is 16.0 Å². The highest BCUT2D eigenvalue weighted by atomic mass is 16.5. The zero-order chi connectivity index (χ0) is 21.1. The average Bonchev–Trinajstić information content (AvgIpc) is 3.29. The highest BCUT2D eigenvalue weighted by Gasteiger charge is 2.27. The molecule has 1 atom stereocenters. The zero-order valence-electron chi connectivity index (χ0n) is 18.0. The Kier molecular flexibility index (Phi) is 6.33. The van der Waals surface area contributed by atoms with Crippen molar-refractivity contribution in [3.8, 4) is 0 Å². The van der Waals surface area contributed by atoms with Crippen LogP contribution in [0.5, 0.6) is 0 Å². The normalized spacial score (nSPS) is 19.8. The fourth-order valence-electron chi connectivity index (χ4n) is 4.86. The van der Waals surface area contributed by atoms with Gasteiger partial charge >= 0.3 is 0 Å². The van der Waals surface area contributed by atoms with Crippen molar-refractivity contribution >= 4 is 17.3 Å². The number of carbonyl (C=O) groups is 2. The van der Waals surface area contributed by atoms with Gasteiger partial charge in [0.1, 0.15) is 6.10 Å². The number of benzene rings is 2. The number of rotatable bonds is 6. The number of hydrogen-bond donors (Lipinski definition) is 0. The average molecular weight is 406 g/mol. The summed E-state index contributed by atoms with van der Waals surface area (Å²) in [4.78, 5) is 27.2. The summed E-state index contributed by atoms with van der Waals surface area (Å²) in [5, 5.41) is 0. The van der Waals surface area contributed by atoms with Crippen molar-refractivity contribution in [1.29, 1.82) is 0 Å². The third-order valence-corrected chi connectivity index (χ3v) is 6.59. The first-order valence-corrected chi connectivity index (χ1v) is 11.1. The summed E-state index contributed by atoms with van der Waals surface area (Å²) in [5.74, 6) is 0.604. The zero-order valence-corrected chi connectivity index (χ0v) is 18.0. The number of anilines is 1. The molecule has 0 aliphatic carbocycles. The molecule has 30 heavy (non-hydrogen) atoms. The molecule has 4 rings (SSSR count). The van der Waals surface area contributed by atoms with Crippen molar-refractivity contribution in [1.82, 2.24) is 0 Å². The summed E-state index contributed by atoms with van der Waals surface area (Å²) in [6.45, 7) is 6.43. The molecule has 2 heterocycles. The van der Waals surface area contributed by atoms with Gasteiger partial charge in [0.05, 0.1) is 0 Å². The van der Waals surface area contributed by atoms with Gasteiger partial charge in [-0.15, -0.1) is 0 Å². The topological polar surface area (TPSA) is 46.6 Å². The van der Waals surface area contributed by atoms with Crippen molar-refractivity contribution < 1.29 is 14.3 Å². The van der Waals surface area contributed by atoms with Crippen LogP contribution in [0.2, 0.25) is 0 Å². The third kappa shape index (κ3) is 4.49. The minimum Gasteiger partial charge on any atom is -0.371 e. The van der Waals surface area contributed by atoms with Crippen LogP contribution >= 0.6 is 0 Å². The Labute approximate surface area is 179 Å². The lowest BCUT2D eigenvalue weighted by Crippen LogP contribution is -2.33. The van der Waals surface area contributed by atoms with Gasteiger partial charge in [0.25, 0.3) is 0 Å². The molecule has 4 nitrogen and oxygen atoms in total. The van der Waals surface area contributed by atoms with E-state index in [9.17, 15) is 9.59 Å². The van der Waals surface area contributed by atoms with E-state index in [1.807, 2.05) is 12.1 Å². The molecule has 2 aromatic rings. The van der Waals surface area contributed by atoms with E-state index >= 15 is 0 Å². The van der Waals surface area contributed by atoms with Crippen LogP contribution < -0.4 is 4.90 Å². The molecule has 0 N–H and O–H groups in total. The first-order valence-electron chi connectivity index (χ1n) is 11.1. The fourth-order valence-corrected chi connectivity index (χ4v) is 4.86. The molecule has 2 aromatic carbocycles. The van der Waals surface area contributed by atoms with E-state index in [-0.39, 0.29) is 17.7 Å². The Bertz CT molecular complexity index is 922. The van der Waals surface area contributed by atoms with Crippen LogP contribution in [0.15, 0.2) is 42.5 Å². The molecule has 1 unspecified atom stereocenters. The molecule has 0 amide bonds. The number of ether oxygens (including phenoxy) is 1. The number of hydrogen-bond acceptors (Lipinski definition) is 4. The van der Waals surface area contributed by atoms with E-state index < -0.39 is 0 Å². The van der Waals surface area contributed by atoms with Gasteiger partial charge in [-0.2, -0.15) is 0 Å². The second kappa shape index (κ2) is 9.13. The second-order valence-electron chi connectivity index (χ2n) is 8.66. The summed E-state index contributed by atoms with van der Waals surface area (Å²) >= 11 is 0.